The number of benzene rings is 1. The van der Waals surface area contributed by atoms with Crippen LogP contribution in [0.25, 0.3) is 0 Å². The molecule has 3 rings (SSSR count). The van der Waals surface area contributed by atoms with Gasteiger partial charge in [-0.15, -0.1) is 5.10 Å². The van der Waals surface area contributed by atoms with Crippen LogP contribution in [0.1, 0.15) is 22.5 Å². The van der Waals surface area contributed by atoms with Crippen LogP contribution in [0.2, 0.25) is 0 Å². The summed E-state index contributed by atoms with van der Waals surface area (Å²) >= 11 is 0. The Bertz CT molecular complexity index is 726. The fourth-order valence-electron chi connectivity index (χ4n) is 2.83. The van der Waals surface area contributed by atoms with Gasteiger partial charge in [-0.25, -0.2) is 13.5 Å². The normalized spacial score (nSPS) is 17.7. The molecule has 0 radical (unpaired) electrons. The lowest BCUT2D eigenvalue weighted by Gasteiger charge is -2.19. The van der Waals surface area contributed by atoms with Crippen LogP contribution in [0.3, 0.4) is 0 Å². The van der Waals surface area contributed by atoms with Gasteiger partial charge in [-0.3, -0.25) is 4.79 Å². The molecule has 1 aliphatic heterocycles. The first-order valence-corrected chi connectivity index (χ1v) is 7.74. The number of likely N-dealkylation sites (tertiary alicyclic amines) is 1. The number of amides is 1. The number of hydrogen-bond donors (Lipinski definition) is 0. The average Bonchev–Trinajstić information content (AvgIpc) is 3.20. The first kappa shape index (κ1) is 16.5. The summed E-state index contributed by atoms with van der Waals surface area (Å²) in [5.74, 6) is -1.50. The van der Waals surface area contributed by atoms with Gasteiger partial charge in [0, 0.05) is 24.7 Å². The number of nitrogens with zero attached hydrogens (tertiary/aromatic N) is 5. The summed E-state index contributed by atoms with van der Waals surface area (Å²) in [4.78, 5) is 16.3. The predicted molar refractivity (Wildman–Crippen MR) is 83.5 cm³/mol. The standard InChI is InChI=1S/C16H19F2N5O/c1-21(2)11-6-7-22(8-11)16(24)15-10-23(20-19-15)9-12-13(17)4-3-5-14(12)18/h3-5,10-11H,6-9H2,1-2H3. The molecule has 2 heterocycles. The van der Waals surface area contributed by atoms with E-state index in [0.717, 1.165) is 6.42 Å². The van der Waals surface area contributed by atoms with Crippen LogP contribution >= 0.6 is 0 Å². The Kier molecular flexibility index (Phi) is 4.57. The number of hydrogen-bond acceptors (Lipinski definition) is 4. The molecule has 1 fully saturated rings. The summed E-state index contributed by atoms with van der Waals surface area (Å²) in [7, 11) is 3.97. The summed E-state index contributed by atoms with van der Waals surface area (Å²) < 4.78 is 28.6. The van der Waals surface area contributed by atoms with Gasteiger partial charge in [0.05, 0.1) is 12.7 Å². The minimum absolute atomic E-state index is 0.102. The van der Waals surface area contributed by atoms with Crippen molar-refractivity contribution < 1.29 is 13.6 Å². The summed E-state index contributed by atoms with van der Waals surface area (Å²) in [6.45, 7) is 1.19. The molecule has 2 aromatic rings. The largest absolute Gasteiger partial charge is 0.336 e. The SMILES string of the molecule is CN(C)C1CCN(C(=O)c2cn(Cc3c(F)cccc3F)nn2)C1. The topological polar surface area (TPSA) is 54.3 Å². The molecular weight excluding hydrogens is 316 g/mol. The van der Waals surface area contributed by atoms with E-state index in [-0.39, 0.29) is 23.7 Å². The van der Waals surface area contributed by atoms with Crippen LogP contribution in [0.4, 0.5) is 8.78 Å². The Morgan fingerprint density at radius 2 is 2.04 bits per heavy atom. The fraction of sp³-hybridized carbons (Fsp3) is 0.438. The van der Waals surface area contributed by atoms with E-state index < -0.39 is 11.6 Å². The van der Waals surface area contributed by atoms with Crippen molar-refractivity contribution in [2.45, 2.75) is 19.0 Å². The van der Waals surface area contributed by atoms with E-state index in [1.54, 1.807) is 4.90 Å². The predicted octanol–water partition coefficient (Wildman–Crippen LogP) is 1.38. The third-order valence-corrected chi connectivity index (χ3v) is 4.32. The molecule has 8 heteroatoms. The van der Waals surface area contributed by atoms with Gasteiger partial charge in [0.25, 0.3) is 5.91 Å². The lowest BCUT2D eigenvalue weighted by atomic mass is 10.2. The summed E-state index contributed by atoms with van der Waals surface area (Å²) in [6.07, 6.45) is 2.34. The highest BCUT2D eigenvalue weighted by Gasteiger charge is 2.29. The average molecular weight is 335 g/mol. The van der Waals surface area contributed by atoms with E-state index in [2.05, 4.69) is 15.2 Å². The number of aromatic nitrogens is 3. The first-order valence-electron chi connectivity index (χ1n) is 7.74. The number of likely N-dealkylation sites (N-methyl/N-ethyl adjacent to an activating group) is 1. The van der Waals surface area contributed by atoms with E-state index >= 15 is 0 Å². The van der Waals surface area contributed by atoms with Crippen LogP contribution in [-0.2, 0) is 6.54 Å². The maximum Gasteiger partial charge on any atom is 0.276 e. The lowest BCUT2D eigenvalue weighted by Crippen LogP contribution is -2.34. The van der Waals surface area contributed by atoms with E-state index in [0.29, 0.717) is 19.1 Å². The molecule has 1 saturated heterocycles. The van der Waals surface area contributed by atoms with Crippen molar-refractivity contribution in [3.63, 3.8) is 0 Å². The maximum absolute atomic E-state index is 13.7. The zero-order valence-corrected chi connectivity index (χ0v) is 13.6. The second-order valence-electron chi connectivity index (χ2n) is 6.16. The second kappa shape index (κ2) is 6.64. The Balaban J connectivity index is 1.71. The molecule has 0 saturated carbocycles. The molecule has 0 N–H and O–H groups in total. The Morgan fingerprint density at radius 3 is 2.67 bits per heavy atom. The van der Waals surface area contributed by atoms with Gasteiger partial charge in [0.2, 0.25) is 0 Å². The van der Waals surface area contributed by atoms with Gasteiger partial charge in [-0.2, -0.15) is 0 Å². The third kappa shape index (κ3) is 3.28. The van der Waals surface area contributed by atoms with Crippen molar-refractivity contribution in [3.05, 3.63) is 47.3 Å². The van der Waals surface area contributed by atoms with Crippen LogP contribution in [0.5, 0.6) is 0 Å². The van der Waals surface area contributed by atoms with E-state index in [1.165, 1.54) is 29.1 Å². The second-order valence-corrected chi connectivity index (χ2v) is 6.16. The Hall–Kier alpha value is -2.35. The Labute approximate surface area is 138 Å². The molecule has 1 aromatic carbocycles. The van der Waals surface area contributed by atoms with Crippen molar-refractivity contribution in [3.8, 4) is 0 Å². The molecule has 128 valence electrons. The zero-order valence-electron chi connectivity index (χ0n) is 13.6. The molecular formula is C16H19F2N5O. The molecule has 1 aromatic heterocycles. The van der Waals surface area contributed by atoms with Gasteiger partial charge in [0.1, 0.15) is 11.6 Å². The molecule has 0 aliphatic carbocycles. The molecule has 24 heavy (non-hydrogen) atoms. The minimum Gasteiger partial charge on any atom is -0.336 e. The van der Waals surface area contributed by atoms with Crippen molar-refractivity contribution in [1.29, 1.82) is 0 Å². The summed E-state index contributed by atoms with van der Waals surface area (Å²) in [5, 5.41) is 7.67. The number of carbonyl (C=O) groups is 1. The smallest absolute Gasteiger partial charge is 0.276 e. The summed E-state index contributed by atoms with van der Waals surface area (Å²) in [5.41, 5.74) is 0.0846. The molecule has 1 amide bonds. The molecule has 0 spiro atoms. The van der Waals surface area contributed by atoms with Crippen molar-refractivity contribution in [2.24, 2.45) is 0 Å². The molecule has 1 unspecified atom stereocenters. The lowest BCUT2D eigenvalue weighted by molar-refractivity contribution is 0.0777. The van der Waals surface area contributed by atoms with Gasteiger partial charge in [0.15, 0.2) is 5.69 Å². The molecule has 6 nitrogen and oxygen atoms in total. The summed E-state index contributed by atoms with van der Waals surface area (Å²) in [6, 6.07) is 4.01. The van der Waals surface area contributed by atoms with Crippen LogP contribution < -0.4 is 0 Å². The molecule has 0 bridgehead atoms. The van der Waals surface area contributed by atoms with E-state index in [1.807, 2.05) is 14.1 Å². The minimum atomic E-state index is -0.647. The first-order chi connectivity index (χ1) is 11.5. The highest BCUT2D eigenvalue weighted by Crippen LogP contribution is 2.16. The van der Waals surface area contributed by atoms with Gasteiger partial charge < -0.3 is 9.80 Å². The third-order valence-electron chi connectivity index (χ3n) is 4.32. The zero-order chi connectivity index (χ0) is 17.3. The number of carbonyl (C=O) groups excluding carboxylic acids is 1. The number of rotatable bonds is 4. The van der Waals surface area contributed by atoms with Crippen molar-refractivity contribution >= 4 is 5.91 Å². The van der Waals surface area contributed by atoms with Gasteiger partial charge in [-0.05, 0) is 32.6 Å². The maximum atomic E-state index is 13.7. The van der Waals surface area contributed by atoms with Crippen LogP contribution in [-0.4, -0.2) is 63.9 Å². The number of halogens is 2. The Morgan fingerprint density at radius 1 is 1.33 bits per heavy atom. The van der Waals surface area contributed by atoms with Crippen LogP contribution in [0.15, 0.2) is 24.4 Å². The highest BCUT2D eigenvalue weighted by atomic mass is 19.1. The van der Waals surface area contributed by atoms with Crippen molar-refractivity contribution in [2.75, 3.05) is 27.2 Å². The highest BCUT2D eigenvalue weighted by molar-refractivity contribution is 5.92. The molecule has 1 atom stereocenters. The van der Waals surface area contributed by atoms with E-state index in [4.69, 9.17) is 0 Å². The van der Waals surface area contributed by atoms with Gasteiger partial charge >= 0.3 is 0 Å². The van der Waals surface area contributed by atoms with Crippen LogP contribution in [0, 0.1) is 11.6 Å². The fourth-order valence-corrected chi connectivity index (χ4v) is 2.83. The van der Waals surface area contributed by atoms with Crippen molar-refractivity contribution in [1.82, 2.24) is 24.8 Å². The monoisotopic (exact) mass is 335 g/mol. The molecule has 1 aliphatic rings. The van der Waals surface area contributed by atoms with E-state index in [9.17, 15) is 13.6 Å². The quantitative estimate of drug-likeness (QED) is 0.847. The van der Waals surface area contributed by atoms with Gasteiger partial charge in [-0.1, -0.05) is 11.3 Å².